The summed E-state index contributed by atoms with van der Waals surface area (Å²) in [6, 6.07) is 0. The largest absolute Gasteiger partial charge is 0.786 e. The molecule has 0 radical (unpaired) electrons. The van der Waals surface area contributed by atoms with Gasteiger partial charge in [0.15, 0.2) is 0 Å². The minimum absolute atomic E-state index is 1.35. The molecule has 5 nitrogen and oxygen atoms in total. The second kappa shape index (κ2) is 31.4. The van der Waals surface area contributed by atoms with Gasteiger partial charge in [-0.1, -0.05) is 107 Å². The molecule has 0 aliphatic carbocycles. The number of rotatable bonds is 26. The Kier molecular flexibility index (Phi) is 34.8. The smallest absolute Gasteiger partial charge is 0.110 e. The molecule has 0 rings (SSSR count). The van der Waals surface area contributed by atoms with Crippen molar-refractivity contribution in [2.24, 2.45) is 0 Å². The molecular formula is C34H76FN2O3P. The lowest BCUT2D eigenvalue weighted by molar-refractivity contribution is -0.929. The number of hydrogen-bond acceptors (Lipinski definition) is 3. The normalized spacial score (nSPS) is 12.0. The first-order valence-electron chi connectivity index (χ1n) is 17.9. The fourth-order valence-corrected chi connectivity index (χ4v) is 5.70. The highest BCUT2D eigenvalue weighted by molar-refractivity contribution is 7.42. The number of nitrogens with zero attached hydrogens (tertiary/aromatic N) is 2. The topological polar surface area (TPSA) is 63.2 Å². The number of halogens is 1. The molecular weight excluding hydrogens is 534 g/mol. The third-order valence-electron chi connectivity index (χ3n) is 8.39. The molecule has 0 atom stereocenters. The summed E-state index contributed by atoms with van der Waals surface area (Å²) in [7, 11) is -5.64. The van der Waals surface area contributed by atoms with E-state index < -0.39 is 7.91 Å². The lowest BCUT2D eigenvalue weighted by atomic mass is 10.1. The van der Waals surface area contributed by atoms with Crippen molar-refractivity contribution in [2.45, 2.75) is 171 Å². The highest BCUT2D eigenvalue weighted by Gasteiger charge is 2.26. The van der Waals surface area contributed by atoms with Crippen molar-refractivity contribution in [3.63, 3.8) is 0 Å². The van der Waals surface area contributed by atoms with Crippen molar-refractivity contribution < 1.29 is 27.5 Å². The molecule has 7 heteroatoms. The Hall–Kier alpha value is -0.0000000000000000555. The molecule has 0 amide bonds. The Morgan fingerprint density at radius 1 is 0.390 bits per heavy atom. The van der Waals surface area contributed by atoms with Gasteiger partial charge in [0.25, 0.3) is 0 Å². The van der Waals surface area contributed by atoms with E-state index in [0.717, 1.165) is 0 Å². The van der Waals surface area contributed by atoms with Crippen LogP contribution in [0.4, 0.5) is 4.20 Å². The quantitative estimate of drug-likeness (QED) is 0.0556. The standard InChI is InChI=1S/2C17H38N.FH2O3P/c2*1-5-9-13-17-18(14-10-6-2,15-11-7-3)16-12-8-4;1-5(2,3)4/h2*5-17H2,1-4H3;(H2,2,3,4)/q2*+1;/p-2. The molecule has 0 bridgehead atoms. The molecule has 0 heterocycles. The van der Waals surface area contributed by atoms with Crippen LogP contribution in [-0.2, 0) is 4.57 Å². The molecule has 0 N–H and O–H groups in total. The Morgan fingerprint density at radius 3 is 0.683 bits per heavy atom. The van der Waals surface area contributed by atoms with Gasteiger partial charge in [0.1, 0.15) is 7.91 Å². The number of quaternary nitrogens is 2. The average Bonchev–Trinajstić information content (AvgIpc) is 2.94. The van der Waals surface area contributed by atoms with Crippen molar-refractivity contribution in [1.29, 1.82) is 0 Å². The van der Waals surface area contributed by atoms with E-state index in [0.29, 0.717) is 0 Å². The summed E-state index contributed by atoms with van der Waals surface area (Å²) in [5.41, 5.74) is 0. The zero-order valence-electron chi connectivity index (χ0n) is 29.3. The van der Waals surface area contributed by atoms with E-state index in [2.05, 4.69) is 55.4 Å². The van der Waals surface area contributed by atoms with Crippen molar-refractivity contribution in [3.05, 3.63) is 0 Å². The fourth-order valence-electron chi connectivity index (χ4n) is 5.70. The van der Waals surface area contributed by atoms with Crippen LogP contribution in [0.5, 0.6) is 0 Å². The van der Waals surface area contributed by atoms with Gasteiger partial charge in [0, 0.05) is 0 Å². The Labute approximate surface area is 258 Å². The Bertz CT molecular complexity index is 470. The lowest BCUT2D eigenvalue weighted by Gasteiger charge is -2.39. The van der Waals surface area contributed by atoms with Crippen LogP contribution < -0.4 is 9.79 Å². The van der Waals surface area contributed by atoms with Crippen LogP contribution in [0, 0.1) is 0 Å². The number of hydrogen-bond donors (Lipinski definition) is 0. The van der Waals surface area contributed by atoms with Crippen LogP contribution in [0.2, 0.25) is 0 Å². The highest BCUT2D eigenvalue weighted by Crippen LogP contribution is 2.22. The molecule has 0 aliphatic heterocycles. The lowest BCUT2D eigenvalue weighted by Crippen LogP contribution is -2.50. The average molecular weight is 611 g/mol. The molecule has 0 fully saturated rings. The fraction of sp³-hybridized carbons (Fsp3) is 1.00. The van der Waals surface area contributed by atoms with E-state index in [1.807, 2.05) is 0 Å². The molecule has 41 heavy (non-hydrogen) atoms. The summed E-state index contributed by atoms with van der Waals surface area (Å²) in [5, 5.41) is 0. The summed E-state index contributed by atoms with van der Waals surface area (Å²) in [5.74, 6) is 0. The summed E-state index contributed by atoms with van der Waals surface area (Å²) >= 11 is 0. The molecule has 0 saturated carbocycles. The van der Waals surface area contributed by atoms with Gasteiger partial charge < -0.3 is 23.3 Å². The first-order chi connectivity index (χ1) is 19.5. The summed E-state index contributed by atoms with van der Waals surface area (Å²) < 4.78 is 21.4. The molecule has 0 unspecified atom stereocenters. The van der Waals surface area contributed by atoms with E-state index in [-0.39, 0.29) is 0 Å². The van der Waals surface area contributed by atoms with E-state index in [1.165, 1.54) is 177 Å². The van der Waals surface area contributed by atoms with Crippen molar-refractivity contribution >= 4 is 7.91 Å². The zero-order valence-corrected chi connectivity index (χ0v) is 30.2. The Morgan fingerprint density at radius 2 is 0.537 bits per heavy atom. The maximum atomic E-state index is 10.1. The van der Waals surface area contributed by atoms with Crippen LogP contribution in [0.3, 0.4) is 0 Å². The van der Waals surface area contributed by atoms with Gasteiger partial charge in [-0.2, -0.15) is 0 Å². The summed E-state index contributed by atoms with van der Waals surface area (Å²) in [4.78, 5) is 16.9. The van der Waals surface area contributed by atoms with Gasteiger partial charge in [-0.15, -0.1) is 0 Å². The Balaban J connectivity index is -0.000000604. The first-order valence-corrected chi connectivity index (χ1v) is 19.3. The van der Waals surface area contributed by atoms with Crippen LogP contribution in [0.15, 0.2) is 0 Å². The van der Waals surface area contributed by atoms with Gasteiger partial charge in [-0.25, -0.2) is 4.20 Å². The van der Waals surface area contributed by atoms with Crippen LogP contribution in [0.1, 0.15) is 171 Å². The molecule has 0 aliphatic rings. The van der Waals surface area contributed by atoms with Gasteiger partial charge in [-0.3, -0.25) is 0 Å². The second-order valence-corrected chi connectivity index (χ2v) is 13.3. The van der Waals surface area contributed by atoms with Crippen molar-refractivity contribution in [2.75, 3.05) is 52.4 Å². The molecule has 0 saturated heterocycles. The zero-order chi connectivity index (χ0) is 31.9. The third-order valence-corrected chi connectivity index (χ3v) is 8.39. The predicted octanol–water partition coefficient (Wildman–Crippen LogP) is 9.57. The third kappa shape index (κ3) is 32.7. The van der Waals surface area contributed by atoms with Crippen LogP contribution in [-0.4, -0.2) is 61.3 Å². The van der Waals surface area contributed by atoms with E-state index in [4.69, 9.17) is 14.4 Å². The SMILES string of the molecule is CCCCC[N+](CCCC)(CCCC)CCCC.CCCCC[N+](CCCC)(CCCC)CCCC.O=P([O-])([O-])F. The minimum Gasteiger partial charge on any atom is -0.786 e. The van der Waals surface area contributed by atoms with Crippen LogP contribution >= 0.6 is 7.91 Å². The molecule has 252 valence electrons. The van der Waals surface area contributed by atoms with Crippen LogP contribution in [0.25, 0.3) is 0 Å². The van der Waals surface area contributed by atoms with E-state index >= 15 is 0 Å². The van der Waals surface area contributed by atoms with Gasteiger partial charge >= 0.3 is 0 Å². The maximum absolute atomic E-state index is 10.1. The molecule has 0 aromatic heterocycles. The molecule has 0 spiro atoms. The monoisotopic (exact) mass is 611 g/mol. The van der Waals surface area contributed by atoms with Crippen molar-refractivity contribution in [3.8, 4) is 0 Å². The van der Waals surface area contributed by atoms with Gasteiger partial charge in [0.2, 0.25) is 0 Å². The maximum Gasteiger partial charge on any atom is 0.110 e. The van der Waals surface area contributed by atoms with Crippen molar-refractivity contribution in [1.82, 2.24) is 0 Å². The predicted molar refractivity (Wildman–Crippen MR) is 177 cm³/mol. The molecule has 0 aromatic rings. The number of unbranched alkanes of at least 4 members (excludes halogenated alkanes) is 10. The minimum atomic E-state index is -5.64. The van der Waals surface area contributed by atoms with Gasteiger partial charge in [0.05, 0.1) is 52.4 Å². The summed E-state index contributed by atoms with van der Waals surface area (Å²) in [6.45, 7) is 30.1. The highest BCUT2D eigenvalue weighted by atomic mass is 31.2. The van der Waals surface area contributed by atoms with Gasteiger partial charge in [-0.05, 0) is 64.2 Å². The first kappa shape index (κ1) is 45.4. The molecule has 0 aromatic carbocycles. The summed E-state index contributed by atoms with van der Waals surface area (Å²) in [6.07, 6.45) is 25.0. The van der Waals surface area contributed by atoms with E-state index in [1.54, 1.807) is 0 Å². The second-order valence-electron chi connectivity index (χ2n) is 12.4. The van der Waals surface area contributed by atoms with E-state index in [9.17, 15) is 4.20 Å².